The SMILES string of the molecule is COCC(CBr)NC(=O)c1ccc(OC(F)(F)F)cc1. The Bertz CT molecular complexity index is 437. The molecule has 4 nitrogen and oxygen atoms in total. The number of benzene rings is 1. The largest absolute Gasteiger partial charge is 0.573 e. The van der Waals surface area contributed by atoms with Crippen LogP contribution in [-0.2, 0) is 4.74 Å². The summed E-state index contributed by atoms with van der Waals surface area (Å²) >= 11 is 3.22. The van der Waals surface area contributed by atoms with Crippen LogP contribution < -0.4 is 10.1 Å². The van der Waals surface area contributed by atoms with Crippen LogP contribution in [0.2, 0.25) is 0 Å². The lowest BCUT2D eigenvalue weighted by atomic mass is 10.2. The quantitative estimate of drug-likeness (QED) is 0.798. The van der Waals surface area contributed by atoms with Crippen LogP contribution in [0.4, 0.5) is 13.2 Å². The fraction of sp³-hybridized carbons (Fsp3) is 0.417. The Morgan fingerprint density at radius 2 is 1.95 bits per heavy atom. The van der Waals surface area contributed by atoms with Crippen LogP contribution in [0.3, 0.4) is 0 Å². The van der Waals surface area contributed by atoms with Crippen molar-refractivity contribution in [3.8, 4) is 5.75 Å². The molecule has 0 aliphatic heterocycles. The van der Waals surface area contributed by atoms with Crippen molar-refractivity contribution in [3.63, 3.8) is 0 Å². The number of rotatable bonds is 6. The van der Waals surface area contributed by atoms with Crippen molar-refractivity contribution in [2.75, 3.05) is 19.0 Å². The fourth-order valence-corrected chi connectivity index (χ4v) is 1.75. The normalized spacial score (nSPS) is 12.8. The smallest absolute Gasteiger partial charge is 0.406 e. The first-order chi connectivity index (χ1) is 9.35. The summed E-state index contributed by atoms with van der Waals surface area (Å²) in [4.78, 5) is 11.8. The van der Waals surface area contributed by atoms with Crippen molar-refractivity contribution >= 4 is 21.8 Å². The van der Waals surface area contributed by atoms with Crippen molar-refractivity contribution in [1.29, 1.82) is 0 Å². The molecule has 0 fully saturated rings. The average molecular weight is 356 g/mol. The van der Waals surface area contributed by atoms with Gasteiger partial charge in [-0.25, -0.2) is 0 Å². The molecule has 20 heavy (non-hydrogen) atoms. The van der Waals surface area contributed by atoms with E-state index in [1.165, 1.54) is 19.2 Å². The lowest BCUT2D eigenvalue weighted by Crippen LogP contribution is -2.39. The molecule has 1 amide bonds. The second kappa shape index (κ2) is 7.49. The summed E-state index contributed by atoms with van der Waals surface area (Å²) in [5, 5.41) is 3.18. The van der Waals surface area contributed by atoms with Gasteiger partial charge >= 0.3 is 6.36 Å². The Balaban J connectivity index is 2.66. The van der Waals surface area contributed by atoms with E-state index in [1.54, 1.807) is 0 Å². The summed E-state index contributed by atoms with van der Waals surface area (Å²) in [6.45, 7) is 0.326. The third-order valence-electron chi connectivity index (χ3n) is 2.24. The second-order valence-electron chi connectivity index (χ2n) is 3.85. The van der Waals surface area contributed by atoms with Crippen LogP contribution in [0.15, 0.2) is 24.3 Å². The minimum Gasteiger partial charge on any atom is -0.406 e. The molecule has 0 bridgehead atoms. The molecule has 1 unspecified atom stereocenters. The first-order valence-corrected chi connectivity index (χ1v) is 6.69. The molecule has 1 atom stereocenters. The number of amides is 1. The van der Waals surface area contributed by atoms with E-state index in [-0.39, 0.29) is 17.4 Å². The number of alkyl halides is 4. The molecule has 0 aromatic heterocycles. The Kier molecular flexibility index (Phi) is 6.28. The van der Waals surface area contributed by atoms with Gasteiger partial charge in [0.05, 0.1) is 12.6 Å². The zero-order chi connectivity index (χ0) is 15.2. The lowest BCUT2D eigenvalue weighted by molar-refractivity contribution is -0.274. The molecule has 1 aromatic rings. The van der Waals surface area contributed by atoms with Crippen LogP contribution in [0.25, 0.3) is 0 Å². The maximum absolute atomic E-state index is 12.0. The van der Waals surface area contributed by atoms with Crippen LogP contribution in [0.1, 0.15) is 10.4 Å². The number of methoxy groups -OCH3 is 1. The third kappa shape index (κ3) is 5.79. The Labute approximate surface area is 122 Å². The average Bonchev–Trinajstić information content (AvgIpc) is 2.37. The van der Waals surface area contributed by atoms with Gasteiger partial charge in [-0.3, -0.25) is 4.79 Å². The number of hydrogen-bond acceptors (Lipinski definition) is 3. The number of nitrogens with one attached hydrogen (secondary N) is 1. The van der Waals surface area contributed by atoms with Crippen molar-refractivity contribution in [2.24, 2.45) is 0 Å². The molecule has 0 aliphatic rings. The van der Waals surface area contributed by atoms with E-state index in [4.69, 9.17) is 4.74 Å². The monoisotopic (exact) mass is 355 g/mol. The van der Waals surface area contributed by atoms with Crippen molar-refractivity contribution in [1.82, 2.24) is 5.32 Å². The van der Waals surface area contributed by atoms with Gasteiger partial charge in [0.2, 0.25) is 0 Å². The maximum Gasteiger partial charge on any atom is 0.573 e. The summed E-state index contributed by atoms with van der Waals surface area (Å²) < 4.78 is 44.6. The molecular formula is C12H13BrF3NO3. The number of halogens is 4. The molecule has 1 N–H and O–H groups in total. The van der Waals surface area contributed by atoms with Gasteiger partial charge < -0.3 is 14.8 Å². The number of ether oxygens (including phenoxy) is 2. The highest BCUT2D eigenvalue weighted by atomic mass is 79.9. The first-order valence-electron chi connectivity index (χ1n) is 5.57. The van der Waals surface area contributed by atoms with Crippen molar-refractivity contribution in [2.45, 2.75) is 12.4 Å². The van der Waals surface area contributed by atoms with Crippen molar-refractivity contribution in [3.05, 3.63) is 29.8 Å². The molecule has 112 valence electrons. The molecule has 0 aliphatic carbocycles. The number of hydrogen-bond donors (Lipinski definition) is 1. The minimum atomic E-state index is -4.75. The molecule has 1 rings (SSSR count). The summed E-state index contributed by atoms with van der Waals surface area (Å²) in [5.74, 6) is -0.770. The number of carbonyl (C=O) groups is 1. The standard InChI is InChI=1S/C12H13BrF3NO3/c1-19-7-9(6-13)17-11(18)8-2-4-10(5-3-8)20-12(14,15)16/h2-5,9H,6-7H2,1H3,(H,17,18). The predicted octanol–water partition coefficient (Wildman–Crippen LogP) is 2.72. The maximum atomic E-state index is 12.0. The Hall–Kier alpha value is -1.28. The van der Waals surface area contributed by atoms with Crippen LogP contribution in [0.5, 0.6) is 5.75 Å². The molecule has 0 saturated heterocycles. The third-order valence-corrected chi connectivity index (χ3v) is 3.02. The Morgan fingerprint density at radius 1 is 1.35 bits per heavy atom. The van der Waals surface area contributed by atoms with Crippen LogP contribution in [0, 0.1) is 0 Å². The topological polar surface area (TPSA) is 47.6 Å². The van der Waals surface area contributed by atoms with E-state index in [0.717, 1.165) is 12.1 Å². The van der Waals surface area contributed by atoms with E-state index in [2.05, 4.69) is 26.0 Å². The summed E-state index contributed by atoms with van der Waals surface area (Å²) in [5.41, 5.74) is 0.238. The van der Waals surface area contributed by atoms with Gasteiger partial charge in [0, 0.05) is 18.0 Å². The van der Waals surface area contributed by atoms with Gasteiger partial charge in [-0.2, -0.15) is 0 Å². The second-order valence-corrected chi connectivity index (χ2v) is 4.50. The predicted molar refractivity (Wildman–Crippen MR) is 70.0 cm³/mol. The summed E-state index contributed by atoms with van der Waals surface area (Å²) in [7, 11) is 1.51. The minimum absolute atomic E-state index is 0.224. The van der Waals surface area contributed by atoms with E-state index in [0.29, 0.717) is 11.9 Å². The molecule has 0 heterocycles. The van der Waals surface area contributed by atoms with Gasteiger partial charge in [-0.1, -0.05) is 15.9 Å². The van der Waals surface area contributed by atoms with Gasteiger partial charge in [0.1, 0.15) is 5.75 Å². The van der Waals surface area contributed by atoms with Crippen LogP contribution >= 0.6 is 15.9 Å². The Morgan fingerprint density at radius 3 is 2.40 bits per heavy atom. The molecule has 0 spiro atoms. The highest BCUT2D eigenvalue weighted by Gasteiger charge is 2.31. The molecule has 8 heteroatoms. The van der Waals surface area contributed by atoms with Gasteiger partial charge in [0.25, 0.3) is 5.91 Å². The van der Waals surface area contributed by atoms with Gasteiger partial charge in [-0.15, -0.1) is 13.2 Å². The van der Waals surface area contributed by atoms with Crippen LogP contribution in [-0.4, -0.2) is 37.4 Å². The molecule has 1 aromatic carbocycles. The molecular weight excluding hydrogens is 343 g/mol. The zero-order valence-electron chi connectivity index (χ0n) is 10.5. The first kappa shape index (κ1) is 16.8. The summed E-state index contributed by atoms with van der Waals surface area (Å²) in [6.07, 6.45) is -4.75. The number of carbonyl (C=O) groups excluding carboxylic acids is 1. The fourth-order valence-electron chi connectivity index (χ4n) is 1.40. The van der Waals surface area contributed by atoms with E-state index < -0.39 is 12.3 Å². The van der Waals surface area contributed by atoms with Crippen molar-refractivity contribution < 1.29 is 27.4 Å². The summed E-state index contributed by atoms with van der Waals surface area (Å²) in [6, 6.07) is 4.46. The highest BCUT2D eigenvalue weighted by molar-refractivity contribution is 9.09. The van der Waals surface area contributed by atoms with E-state index in [1.807, 2.05) is 0 Å². The van der Waals surface area contributed by atoms with E-state index >= 15 is 0 Å². The van der Waals surface area contributed by atoms with Gasteiger partial charge in [-0.05, 0) is 24.3 Å². The van der Waals surface area contributed by atoms with Gasteiger partial charge in [0.15, 0.2) is 0 Å². The molecule has 0 saturated carbocycles. The highest BCUT2D eigenvalue weighted by Crippen LogP contribution is 2.22. The zero-order valence-corrected chi connectivity index (χ0v) is 12.1. The van der Waals surface area contributed by atoms with E-state index in [9.17, 15) is 18.0 Å². The lowest BCUT2D eigenvalue weighted by Gasteiger charge is -2.15. The molecule has 0 radical (unpaired) electrons.